The summed E-state index contributed by atoms with van der Waals surface area (Å²) < 4.78 is 53.1. The predicted octanol–water partition coefficient (Wildman–Crippen LogP) is 5.49. The number of hydrogen-bond donors (Lipinski definition) is 2. The number of carbonyl (C=O) groups is 1. The molecule has 0 spiro atoms. The van der Waals surface area contributed by atoms with Gasteiger partial charge in [-0.3, -0.25) is 9.69 Å². The summed E-state index contributed by atoms with van der Waals surface area (Å²) in [6.07, 6.45) is -3.79. The summed E-state index contributed by atoms with van der Waals surface area (Å²) in [7, 11) is 1.72. The Morgan fingerprint density at radius 3 is 2.45 bits per heavy atom. The molecule has 38 heavy (non-hydrogen) atoms. The highest BCUT2D eigenvalue weighted by atomic mass is 35.5. The molecule has 1 amide bonds. The van der Waals surface area contributed by atoms with Gasteiger partial charge in [-0.1, -0.05) is 53.5 Å². The van der Waals surface area contributed by atoms with Crippen LogP contribution in [0.5, 0.6) is 0 Å². The Bertz CT molecular complexity index is 1300. The molecular weight excluding hydrogens is 569 g/mol. The second-order valence-electron chi connectivity index (χ2n) is 8.75. The largest absolute Gasteiger partial charge is 0.419 e. The Morgan fingerprint density at radius 1 is 1.21 bits per heavy atom. The molecule has 0 radical (unpaired) electrons. The average Bonchev–Trinajstić information content (AvgIpc) is 3.28. The van der Waals surface area contributed by atoms with Crippen molar-refractivity contribution in [1.82, 2.24) is 9.80 Å². The Balaban J connectivity index is 1.95. The predicted molar refractivity (Wildman–Crippen MR) is 141 cm³/mol. The third-order valence-corrected chi connectivity index (χ3v) is 7.16. The number of amides is 1. The molecule has 1 fully saturated rings. The standard InChI is InChI=1S/C25H24Cl3F4N5O/c1-13(34)35-23(20(28)9-33)24(38)37-11-16(15-4-6-18(26)19(27)8-15)22(12-37)36(2)10-14-3-5-17(21(29)7-14)25(30,31)32/h3-9,16,22H,1,10-12,33-34H2,2H3/b20-9+,35-23+/t16-,22+/m1/s1. The van der Waals surface area contributed by atoms with Gasteiger partial charge in [-0.2, -0.15) is 13.2 Å². The molecule has 1 saturated heterocycles. The average molecular weight is 593 g/mol. The smallest absolute Gasteiger partial charge is 0.403 e. The first-order valence-electron chi connectivity index (χ1n) is 11.1. The van der Waals surface area contributed by atoms with Crippen LogP contribution in [0.2, 0.25) is 10.0 Å². The zero-order chi connectivity index (χ0) is 28.4. The first-order chi connectivity index (χ1) is 17.7. The highest BCUT2D eigenvalue weighted by Gasteiger charge is 2.40. The van der Waals surface area contributed by atoms with Crippen LogP contribution in [0.25, 0.3) is 0 Å². The van der Waals surface area contributed by atoms with E-state index in [-0.39, 0.29) is 48.2 Å². The molecule has 4 N–H and O–H groups in total. The van der Waals surface area contributed by atoms with E-state index in [0.717, 1.165) is 17.8 Å². The Hall–Kier alpha value is -2.79. The van der Waals surface area contributed by atoms with E-state index < -0.39 is 23.5 Å². The lowest BCUT2D eigenvalue weighted by molar-refractivity contribution is -0.140. The molecular formula is C25H24Cl3F4N5O. The fourth-order valence-electron chi connectivity index (χ4n) is 4.34. The van der Waals surface area contributed by atoms with Gasteiger partial charge in [0, 0.05) is 37.8 Å². The monoisotopic (exact) mass is 591 g/mol. The van der Waals surface area contributed by atoms with Crippen molar-refractivity contribution in [3.8, 4) is 0 Å². The first kappa shape index (κ1) is 29.8. The summed E-state index contributed by atoms with van der Waals surface area (Å²) >= 11 is 18.4. The van der Waals surface area contributed by atoms with Crippen molar-refractivity contribution in [3.05, 3.63) is 92.6 Å². The molecule has 1 aliphatic heterocycles. The summed E-state index contributed by atoms with van der Waals surface area (Å²) in [5.41, 5.74) is 10.6. The van der Waals surface area contributed by atoms with Crippen molar-refractivity contribution in [3.63, 3.8) is 0 Å². The van der Waals surface area contributed by atoms with Gasteiger partial charge in [0.1, 0.15) is 11.6 Å². The fraction of sp³-hybridized carbons (Fsp3) is 0.280. The normalized spacial score (nSPS) is 18.8. The van der Waals surface area contributed by atoms with Crippen LogP contribution < -0.4 is 11.5 Å². The van der Waals surface area contributed by atoms with Crippen molar-refractivity contribution < 1.29 is 22.4 Å². The van der Waals surface area contributed by atoms with Crippen LogP contribution in [0.4, 0.5) is 17.6 Å². The fourth-order valence-corrected chi connectivity index (χ4v) is 4.77. The van der Waals surface area contributed by atoms with Gasteiger partial charge in [-0.15, -0.1) is 0 Å². The minimum Gasteiger partial charge on any atom is -0.403 e. The topological polar surface area (TPSA) is 88.0 Å². The number of nitrogens with zero attached hydrogens (tertiary/aromatic N) is 3. The van der Waals surface area contributed by atoms with E-state index in [1.54, 1.807) is 25.2 Å². The third kappa shape index (κ3) is 6.79. The molecule has 2 aromatic rings. The number of nitrogens with two attached hydrogens (primary N) is 2. The lowest BCUT2D eigenvalue weighted by Gasteiger charge is -2.29. The summed E-state index contributed by atoms with van der Waals surface area (Å²) in [4.78, 5) is 20.6. The van der Waals surface area contributed by atoms with Crippen molar-refractivity contribution in [2.75, 3.05) is 20.1 Å². The number of aliphatic imine (C=N–C) groups is 1. The summed E-state index contributed by atoms with van der Waals surface area (Å²) in [5, 5.41) is 0.544. The van der Waals surface area contributed by atoms with Crippen molar-refractivity contribution in [2.24, 2.45) is 16.5 Å². The number of likely N-dealkylation sites (tertiary alicyclic amines) is 1. The van der Waals surface area contributed by atoms with Crippen LogP contribution in [0.1, 0.15) is 22.6 Å². The van der Waals surface area contributed by atoms with E-state index >= 15 is 0 Å². The number of benzene rings is 2. The number of hydrogen-bond acceptors (Lipinski definition) is 5. The van der Waals surface area contributed by atoms with Crippen LogP contribution in [0, 0.1) is 5.82 Å². The molecule has 6 nitrogen and oxygen atoms in total. The van der Waals surface area contributed by atoms with Gasteiger partial charge in [0.05, 0.1) is 20.6 Å². The van der Waals surface area contributed by atoms with Gasteiger partial charge < -0.3 is 16.4 Å². The maximum Gasteiger partial charge on any atom is 0.419 e. The number of carbonyl (C=O) groups excluding carboxylic acids is 1. The van der Waals surface area contributed by atoms with Crippen LogP contribution >= 0.6 is 34.8 Å². The summed E-state index contributed by atoms with van der Waals surface area (Å²) in [6.45, 7) is 3.96. The maximum atomic E-state index is 14.2. The van der Waals surface area contributed by atoms with E-state index in [4.69, 9.17) is 46.3 Å². The highest BCUT2D eigenvalue weighted by molar-refractivity contribution is 6.59. The van der Waals surface area contributed by atoms with Gasteiger partial charge in [-0.05, 0) is 42.4 Å². The van der Waals surface area contributed by atoms with E-state index in [1.165, 1.54) is 11.0 Å². The molecule has 0 unspecified atom stereocenters. The van der Waals surface area contributed by atoms with Crippen LogP contribution in [-0.4, -0.2) is 47.6 Å². The van der Waals surface area contributed by atoms with Crippen LogP contribution in [-0.2, 0) is 17.5 Å². The third-order valence-electron chi connectivity index (χ3n) is 6.12. The molecule has 2 atom stereocenters. The Labute approximate surface area is 232 Å². The lowest BCUT2D eigenvalue weighted by Crippen LogP contribution is -2.40. The van der Waals surface area contributed by atoms with E-state index in [0.29, 0.717) is 21.7 Å². The molecule has 0 aromatic heterocycles. The van der Waals surface area contributed by atoms with Gasteiger partial charge in [0.2, 0.25) is 0 Å². The van der Waals surface area contributed by atoms with Gasteiger partial charge >= 0.3 is 6.18 Å². The number of alkyl halides is 3. The lowest BCUT2D eigenvalue weighted by atomic mass is 9.93. The molecule has 0 bridgehead atoms. The molecule has 0 aliphatic carbocycles. The molecule has 204 valence electrons. The molecule has 1 heterocycles. The van der Waals surface area contributed by atoms with Crippen molar-refractivity contribution in [1.29, 1.82) is 0 Å². The SMILES string of the molecule is C=C(N)/N=C(C(=O)N1C[C@H](c2ccc(Cl)c(Cl)c2)[C@@H](N(C)Cc2ccc(C(F)(F)F)c(F)c2)C1)\C(Cl)=C/N. The van der Waals surface area contributed by atoms with Gasteiger partial charge in [-0.25, -0.2) is 9.38 Å². The molecule has 2 aromatic carbocycles. The van der Waals surface area contributed by atoms with Crippen molar-refractivity contribution >= 4 is 46.4 Å². The van der Waals surface area contributed by atoms with Crippen LogP contribution in [0.15, 0.2) is 65.0 Å². The molecule has 13 heteroatoms. The minimum atomic E-state index is -4.80. The van der Waals surface area contributed by atoms with E-state index in [1.807, 2.05) is 4.90 Å². The zero-order valence-electron chi connectivity index (χ0n) is 20.1. The summed E-state index contributed by atoms with van der Waals surface area (Å²) in [6, 6.07) is 7.52. The van der Waals surface area contributed by atoms with Gasteiger partial charge in [0.25, 0.3) is 5.91 Å². The second kappa shape index (κ2) is 11.9. The van der Waals surface area contributed by atoms with E-state index in [2.05, 4.69) is 11.6 Å². The van der Waals surface area contributed by atoms with Gasteiger partial charge in [0.15, 0.2) is 5.71 Å². The van der Waals surface area contributed by atoms with E-state index in [9.17, 15) is 22.4 Å². The van der Waals surface area contributed by atoms with Crippen molar-refractivity contribution in [2.45, 2.75) is 24.7 Å². The first-order valence-corrected chi connectivity index (χ1v) is 12.3. The zero-order valence-corrected chi connectivity index (χ0v) is 22.3. The Kier molecular flexibility index (Phi) is 9.35. The minimum absolute atomic E-state index is 0.101. The highest BCUT2D eigenvalue weighted by Crippen LogP contribution is 2.36. The summed E-state index contributed by atoms with van der Waals surface area (Å²) in [5.74, 6) is -2.36. The number of rotatable bonds is 7. The number of likely N-dealkylation sites (N-methyl/N-ethyl adjacent to an activating group) is 1. The number of halogens is 7. The van der Waals surface area contributed by atoms with Crippen LogP contribution in [0.3, 0.4) is 0 Å². The Morgan fingerprint density at radius 2 is 1.89 bits per heavy atom. The quantitative estimate of drug-likeness (QED) is 0.329. The molecule has 0 saturated carbocycles. The molecule has 3 rings (SSSR count). The maximum absolute atomic E-state index is 14.2. The molecule has 1 aliphatic rings. The second-order valence-corrected chi connectivity index (χ2v) is 9.97.